The predicted molar refractivity (Wildman–Crippen MR) is 200 cm³/mol. The Kier molecular flexibility index (Phi) is 1190. The Morgan fingerprint density at radius 3 is 0.0357 bits per heavy atom. The van der Waals surface area contributed by atoms with Gasteiger partial charge in [-0.05, 0) is 0 Å². The van der Waals surface area contributed by atoms with Gasteiger partial charge in [0.2, 0.25) is 0 Å². The Hall–Kier alpha value is 45.8. The van der Waals surface area contributed by atoms with Gasteiger partial charge in [0.1, 0.15) is 0 Å². The van der Waals surface area contributed by atoms with E-state index >= 15 is 0 Å². The standard InChI is InChI=1S/28K.28H. The van der Waals surface area contributed by atoms with Crippen LogP contribution >= 0.6 is 0 Å². The quantitative estimate of drug-likeness (QED) is 0.212. The van der Waals surface area contributed by atoms with E-state index in [9.17, 15) is 0 Å². The van der Waals surface area contributed by atoms with Gasteiger partial charge >= 0.3 is 1440 Å². The van der Waals surface area contributed by atoms with Crippen molar-refractivity contribution < 1.29 is 0 Å². The van der Waals surface area contributed by atoms with Crippen LogP contribution in [0.3, 0.4) is 0 Å². The van der Waals surface area contributed by atoms with Crippen LogP contribution in [0.4, 0.5) is 0 Å². The van der Waals surface area contributed by atoms with Crippen LogP contribution in [0.2, 0.25) is 0 Å². The van der Waals surface area contributed by atoms with Gasteiger partial charge in [0, 0.05) is 0 Å². The van der Waals surface area contributed by atoms with Crippen molar-refractivity contribution in [3.8, 4) is 0 Å². The molecule has 0 saturated heterocycles. The molecule has 0 N–H and O–H groups in total. The molecule has 0 fully saturated rings. The fraction of sp³-hybridized carbons (Fsp3) is 0. The SMILES string of the molecule is [KH].[KH].[KH].[KH].[KH].[KH].[KH].[KH].[KH].[KH].[KH].[KH].[KH].[KH].[KH].[KH].[KH].[KH].[KH].[KH].[KH].[KH].[KH].[KH].[KH].[KH].[KH].[KH]. The molecule has 0 radical (unpaired) electrons. The van der Waals surface area contributed by atoms with E-state index in [0.717, 1.165) is 0 Å². The van der Waals surface area contributed by atoms with E-state index in [0.29, 0.717) is 0 Å². The third-order valence-electron chi connectivity index (χ3n) is 0. The third kappa shape index (κ3) is 172. The molecule has 0 nitrogen and oxygen atoms in total. The average Bonchev–Trinajstić information content (AvgIpc) is 0. The Morgan fingerprint density at radius 1 is 0.0357 bits per heavy atom. The summed E-state index contributed by atoms with van der Waals surface area (Å²) in [5.41, 5.74) is 0. The van der Waals surface area contributed by atoms with E-state index in [1.165, 1.54) is 0 Å². The van der Waals surface area contributed by atoms with Crippen LogP contribution in [-0.2, 0) is 0 Å². The third-order valence-corrected chi connectivity index (χ3v) is 0. The molecular formula is H28K28. The van der Waals surface area contributed by atoms with Gasteiger partial charge in [0.25, 0.3) is 0 Å². The van der Waals surface area contributed by atoms with E-state index in [1.54, 1.807) is 0 Å². The Balaban J connectivity index is 0. The first-order valence-electron chi connectivity index (χ1n) is 0. The van der Waals surface area contributed by atoms with Crippen molar-refractivity contribution in [3.63, 3.8) is 0 Å². The summed E-state index contributed by atoms with van der Waals surface area (Å²) in [6.07, 6.45) is 0. The topological polar surface area (TPSA) is 0 Å². The fourth-order valence-corrected chi connectivity index (χ4v) is 0. The minimum absolute atomic E-state index is 0. The van der Waals surface area contributed by atoms with Crippen LogP contribution in [-0.4, -0.2) is 1440 Å². The molecule has 56 valence electrons. The number of rotatable bonds is 0. The van der Waals surface area contributed by atoms with E-state index in [2.05, 4.69) is 0 Å². The van der Waals surface area contributed by atoms with Crippen molar-refractivity contribution in [2.24, 2.45) is 0 Å². The molecule has 28 heteroatoms. The molecule has 0 unspecified atom stereocenters. The van der Waals surface area contributed by atoms with Crippen molar-refractivity contribution in [1.29, 1.82) is 0 Å². The first-order valence-corrected chi connectivity index (χ1v) is 0. The van der Waals surface area contributed by atoms with Crippen LogP contribution < -0.4 is 0 Å². The van der Waals surface area contributed by atoms with Crippen LogP contribution in [0.1, 0.15) is 0 Å². The molecule has 0 atom stereocenters. The maximum absolute atomic E-state index is 0. The summed E-state index contributed by atoms with van der Waals surface area (Å²) in [5.74, 6) is 0. The monoisotopic (exact) mass is 1120 g/mol. The van der Waals surface area contributed by atoms with Crippen molar-refractivity contribution in [2.75, 3.05) is 0 Å². The molecule has 0 aromatic rings. The van der Waals surface area contributed by atoms with Gasteiger partial charge in [-0.2, -0.15) is 0 Å². The average molecular weight is 1120 g/mol. The number of hydrogen-bond acceptors (Lipinski definition) is 0. The van der Waals surface area contributed by atoms with Gasteiger partial charge in [0.15, 0.2) is 0 Å². The summed E-state index contributed by atoms with van der Waals surface area (Å²) in [6.45, 7) is 0. The Labute approximate surface area is 1370 Å². The summed E-state index contributed by atoms with van der Waals surface area (Å²) in [6, 6.07) is 0. The summed E-state index contributed by atoms with van der Waals surface area (Å²) in [4.78, 5) is 0. The van der Waals surface area contributed by atoms with Crippen molar-refractivity contribution in [1.82, 2.24) is 0 Å². The van der Waals surface area contributed by atoms with Gasteiger partial charge in [-0.3, -0.25) is 0 Å². The summed E-state index contributed by atoms with van der Waals surface area (Å²) in [5, 5.41) is 0. The van der Waals surface area contributed by atoms with Gasteiger partial charge < -0.3 is 0 Å². The van der Waals surface area contributed by atoms with Gasteiger partial charge in [0.05, 0.1) is 0 Å². The summed E-state index contributed by atoms with van der Waals surface area (Å²) >= 11 is 0. The zero-order valence-corrected chi connectivity index (χ0v) is 0. The maximum atomic E-state index is 0. The van der Waals surface area contributed by atoms with E-state index < -0.39 is 0 Å². The predicted octanol–water partition coefficient (Wildman–Crippen LogP) is -18.2. The Morgan fingerprint density at radius 2 is 0.0357 bits per heavy atom. The van der Waals surface area contributed by atoms with Crippen LogP contribution in [0, 0.1) is 0 Å². The van der Waals surface area contributed by atoms with Crippen molar-refractivity contribution in [2.45, 2.75) is 0 Å². The summed E-state index contributed by atoms with van der Waals surface area (Å²) < 4.78 is 0. The molecule has 0 aliphatic heterocycles. The second-order valence-corrected chi connectivity index (χ2v) is 0. The summed E-state index contributed by atoms with van der Waals surface area (Å²) in [7, 11) is 0. The first kappa shape index (κ1) is 186. The molecule has 0 heterocycles. The minimum atomic E-state index is 0. The van der Waals surface area contributed by atoms with Crippen LogP contribution in [0.15, 0.2) is 0 Å². The molecule has 0 rings (SSSR count). The van der Waals surface area contributed by atoms with Gasteiger partial charge in [-0.25, -0.2) is 0 Å². The first-order chi connectivity index (χ1) is 0. The molecule has 0 amide bonds. The van der Waals surface area contributed by atoms with Crippen LogP contribution in [0.25, 0.3) is 0 Å². The zero-order chi connectivity index (χ0) is 0. The normalized spacial score (nSPS) is 0. The molecule has 0 saturated carbocycles. The molecule has 0 aromatic heterocycles. The molecule has 0 spiro atoms. The molecule has 0 aliphatic rings. The molecule has 0 aromatic carbocycles. The number of hydrogen-bond donors (Lipinski definition) is 0. The fourth-order valence-electron chi connectivity index (χ4n) is 0. The van der Waals surface area contributed by atoms with E-state index in [4.69, 9.17) is 0 Å². The molecule has 0 bridgehead atoms. The second-order valence-electron chi connectivity index (χ2n) is 0. The Bertz CT molecular complexity index is 0. The second kappa shape index (κ2) is 179. The zero-order valence-electron chi connectivity index (χ0n) is 0. The van der Waals surface area contributed by atoms with Gasteiger partial charge in [-0.1, -0.05) is 0 Å². The van der Waals surface area contributed by atoms with E-state index in [-0.39, 0.29) is 1440 Å². The van der Waals surface area contributed by atoms with E-state index in [1.807, 2.05) is 0 Å². The molecular weight excluding hydrogens is 1090 g/mol. The van der Waals surface area contributed by atoms with Crippen molar-refractivity contribution >= 4 is 1440 Å². The molecule has 28 heavy (non-hydrogen) atoms. The van der Waals surface area contributed by atoms with Gasteiger partial charge in [-0.15, -0.1) is 0 Å². The molecule has 0 aliphatic carbocycles. The van der Waals surface area contributed by atoms with Crippen molar-refractivity contribution in [3.05, 3.63) is 0 Å². The van der Waals surface area contributed by atoms with Crippen LogP contribution in [0.5, 0.6) is 0 Å².